The van der Waals surface area contributed by atoms with E-state index in [0.29, 0.717) is 78.5 Å². The van der Waals surface area contributed by atoms with Gasteiger partial charge in [0.15, 0.2) is 13.2 Å². The van der Waals surface area contributed by atoms with E-state index in [2.05, 4.69) is 34.3 Å². The SMILES string of the molecule is NCc1ccc(CNC(=O)N2CCN(C(=O)OCC#CC#CCOC(=O)N3CCN(C(=O)NCc4ccc(CN)cc4)CC3)CC2)cc1. The molecule has 2 fully saturated rings. The van der Waals surface area contributed by atoms with E-state index in [-0.39, 0.29) is 25.3 Å². The largest absolute Gasteiger partial charge is 0.436 e. The molecule has 0 saturated carbocycles. The topological polar surface area (TPSA) is 176 Å². The molecular weight excluding hydrogens is 616 g/mol. The third-order valence-electron chi connectivity index (χ3n) is 7.83. The van der Waals surface area contributed by atoms with Crippen LogP contribution in [0.3, 0.4) is 0 Å². The van der Waals surface area contributed by atoms with Crippen LogP contribution >= 0.6 is 0 Å². The van der Waals surface area contributed by atoms with Crippen LogP contribution in [-0.2, 0) is 35.7 Å². The van der Waals surface area contributed by atoms with Gasteiger partial charge in [-0.3, -0.25) is 0 Å². The lowest BCUT2D eigenvalue weighted by molar-refractivity contribution is 0.0897. The summed E-state index contributed by atoms with van der Waals surface area (Å²) >= 11 is 0. The number of benzene rings is 2. The van der Waals surface area contributed by atoms with Gasteiger partial charge in [-0.1, -0.05) is 48.5 Å². The maximum atomic E-state index is 12.5. The molecule has 0 aromatic heterocycles. The third-order valence-corrected chi connectivity index (χ3v) is 7.83. The molecule has 0 bridgehead atoms. The van der Waals surface area contributed by atoms with Crippen molar-refractivity contribution in [2.75, 3.05) is 65.6 Å². The minimum atomic E-state index is -0.513. The summed E-state index contributed by atoms with van der Waals surface area (Å²) in [6, 6.07) is 15.1. The minimum Gasteiger partial charge on any atom is -0.436 e. The standard InChI is InChI=1S/C34H42N8O6/c35-23-27-5-9-29(10-6-27)25-37-31(43)39-13-17-41(18-14-39)33(45)47-21-3-1-2-4-22-48-34(46)42-19-15-40(16-20-42)32(44)38-26-30-11-7-28(24-36)8-12-30/h5-12H,13-26,35-36H2,(H,37,43)(H,38,44). The van der Waals surface area contributed by atoms with E-state index in [1.807, 2.05) is 48.5 Å². The summed E-state index contributed by atoms with van der Waals surface area (Å²) in [5, 5.41) is 5.79. The first-order valence-electron chi connectivity index (χ1n) is 15.8. The lowest BCUT2D eigenvalue weighted by Crippen LogP contribution is -2.53. The van der Waals surface area contributed by atoms with E-state index < -0.39 is 12.2 Å². The first-order valence-corrected chi connectivity index (χ1v) is 15.8. The number of rotatable bonds is 8. The van der Waals surface area contributed by atoms with Gasteiger partial charge in [0.25, 0.3) is 0 Å². The Bertz CT molecular complexity index is 1400. The maximum absolute atomic E-state index is 12.5. The zero-order valence-corrected chi connectivity index (χ0v) is 26.9. The van der Waals surface area contributed by atoms with E-state index in [9.17, 15) is 19.2 Å². The van der Waals surface area contributed by atoms with Crippen LogP contribution < -0.4 is 22.1 Å². The first kappa shape index (κ1) is 35.4. The monoisotopic (exact) mass is 658 g/mol. The summed E-state index contributed by atoms with van der Waals surface area (Å²) in [6.07, 6.45) is -1.03. The van der Waals surface area contributed by atoms with Crippen molar-refractivity contribution in [1.82, 2.24) is 30.2 Å². The second-order valence-electron chi connectivity index (χ2n) is 11.0. The molecule has 0 unspecified atom stereocenters. The zero-order valence-electron chi connectivity index (χ0n) is 26.9. The van der Waals surface area contributed by atoms with E-state index in [4.69, 9.17) is 20.9 Å². The number of hydrogen-bond acceptors (Lipinski definition) is 8. The van der Waals surface area contributed by atoms with Crippen LogP contribution in [0.1, 0.15) is 22.3 Å². The molecule has 0 spiro atoms. The van der Waals surface area contributed by atoms with Crippen molar-refractivity contribution in [3.63, 3.8) is 0 Å². The fourth-order valence-corrected chi connectivity index (χ4v) is 4.89. The number of carbonyl (C=O) groups is 4. The van der Waals surface area contributed by atoms with Crippen LogP contribution in [0.2, 0.25) is 0 Å². The van der Waals surface area contributed by atoms with Crippen molar-refractivity contribution in [2.45, 2.75) is 26.2 Å². The Kier molecular flexibility index (Phi) is 13.8. The number of hydrogen-bond donors (Lipinski definition) is 4. The van der Waals surface area contributed by atoms with Crippen molar-refractivity contribution < 1.29 is 28.7 Å². The Morgan fingerprint density at radius 2 is 0.854 bits per heavy atom. The number of urea groups is 2. The molecule has 0 atom stereocenters. The van der Waals surface area contributed by atoms with Crippen LogP contribution in [0.15, 0.2) is 48.5 Å². The summed E-state index contributed by atoms with van der Waals surface area (Å²) in [5.74, 6) is 10.4. The average Bonchev–Trinajstić information content (AvgIpc) is 3.14. The van der Waals surface area contributed by atoms with E-state index in [1.54, 1.807) is 9.80 Å². The average molecular weight is 659 g/mol. The van der Waals surface area contributed by atoms with Crippen molar-refractivity contribution in [2.24, 2.45) is 11.5 Å². The highest BCUT2D eigenvalue weighted by Gasteiger charge is 2.26. The minimum absolute atomic E-state index is 0.143. The summed E-state index contributed by atoms with van der Waals surface area (Å²) in [7, 11) is 0. The van der Waals surface area contributed by atoms with Crippen molar-refractivity contribution in [1.29, 1.82) is 0 Å². The molecule has 14 nitrogen and oxygen atoms in total. The van der Waals surface area contributed by atoms with Gasteiger partial charge < -0.3 is 51.2 Å². The molecule has 0 radical (unpaired) electrons. The fraction of sp³-hybridized carbons (Fsp3) is 0.412. The molecule has 14 heteroatoms. The molecule has 2 aliphatic heterocycles. The lowest BCUT2D eigenvalue weighted by atomic mass is 10.1. The second kappa shape index (κ2) is 18.6. The molecule has 48 heavy (non-hydrogen) atoms. The third kappa shape index (κ3) is 11.1. The van der Waals surface area contributed by atoms with Crippen molar-refractivity contribution in [3.8, 4) is 23.7 Å². The fourth-order valence-electron chi connectivity index (χ4n) is 4.89. The van der Waals surface area contributed by atoms with Gasteiger partial charge >= 0.3 is 24.2 Å². The Labute approximate surface area is 280 Å². The van der Waals surface area contributed by atoms with E-state index in [1.165, 1.54) is 9.80 Å². The molecule has 2 aliphatic rings. The smallest absolute Gasteiger partial charge is 0.410 e. The molecule has 4 rings (SSSR count). The normalized spacial score (nSPS) is 14.1. The summed E-state index contributed by atoms with van der Waals surface area (Å²) in [6.45, 7) is 4.42. The highest BCUT2D eigenvalue weighted by Crippen LogP contribution is 2.08. The number of carbonyl (C=O) groups excluding carboxylic acids is 4. The molecular formula is C34H42N8O6. The predicted molar refractivity (Wildman–Crippen MR) is 178 cm³/mol. The molecule has 6 N–H and O–H groups in total. The Hall–Kier alpha value is -5.44. The second-order valence-corrected chi connectivity index (χ2v) is 11.0. The van der Waals surface area contributed by atoms with Gasteiger partial charge in [0.2, 0.25) is 0 Å². The molecule has 0 aliphatic carbocycles. The number of amides is 6. The highest BCUT2D eigenvalue weighted by atomic mass is 16.6. The highest BCUT2D eigenvalue weighted by molar-refractivity contribution is 5.75. The molecule has 2 aromatic rings. The summed E-state index contributed by atoms with van der Waals surface area (Å²) in [5.41, 5.74) is 15.2. The van der Waals surface area contributed by atoms with Crippen LogP contribution in [-0.4, -0.2) is 109 Å². The summed E-state index contributed by atoms with van der Waals surface area (Å²) < 4.78 is 10.4. The number of ether oxygens (including phenoxy) is 2. The lowest BCUT2D eigenvalue weighted by Gasteiger charge is -2.33. The molecule has 2 saturated heterocycles. The van der Waals surface area contributed by atoms with Gasteiger partial charge in [-0.05, 0) is 45.9 Å². The molecule has 254 valence electrons. The molecule has 2 heterocycles. The number of piperazine rings is 2. The van der Waals surface area contributed by atoms with Crippen molar-refractivity contribution >= 4 is 24.2 Å². The van der Waals surface area contributed by atoms with Crippen molar-refractivity contribution in [3.05, 3.63) is 70.8 Å². The number of nitrogens with zero attached hydrogens (tertiary/aromatic N) is 4. The van der Waals surface area contributed by atoms with Gasteiger partial charge in [0, 0.05) is 78.5 Å². The Morgan fingerprint density at radius 1 is 0.542 bits per heavy atom. The van der Waals surface area contributed by atoms with Gasteiger partial charge in [-0.2, -0.15) is 0 Å². The van der Waals surface area contributed by atoms with Gasteiger partial charge in [-0.25, -0.2) is 19.2 Å². The van der Waals surface area contributed by atoms with E-state index >= 15 is 0 Å². The Balaban J connectivity index is 1.04. The van der Waals surface area contributed by atoms with E-state index in [0.717, 1.165) is 22.3 Å². The van der Waals surface area contributed by atoms with Crippen LogP contribution in [0.4, 0.5) is 19.2 Å². The van der Waals surface area contributed by atoms with Crippen LogP contribution in [0.25, 0.3) is 0 Å². The quantitative estimate of drug-likeness (QED) is 0.307. The predicted octanol–water partition coefficient (Wildman–Crippen LogP) is 1.24. The Morgan fingerprint density at radius 3 is 1.19 bits per heavy atom. The van der Waals surface area contributed by atoms with Gasteiger partial charge in [-0.15, -0.1) is 0 Å². The first-order chi connectivity index (χ1) is 23.4. The van der Waals surface area contributed by atoms with Gasteiger partial charge in [0.05, 0.1) is 0 Å². The molecule has 2 aromatic carbocycles. The van der Waals surface area contributed by atoms with Gasteiger partial charge in [0.1, 0.15) is 0 Å². The van der Waals surface area contributed by atoms with Crippen LogP contribution in [0, 0.1) is 23.7 Å². The number of nitrogens with one attached hydrogen (secondary N) is 2. The molecule has 6 amide bonds. The number of nitrogens with two attached hydrogens (primary N) is 2. The zero-order chi connectivity index (χ0) is 34.1. The maximum Gasteiger partial charge on any atom is 0.410 e. The van der Waals surface area contributed by atoms with Crippen LogP contribution in [0.5, 0.6) is 0 Å². The summed E-state index contributed by atoms with van der Waals surface area (Å²) in [4.78, 5) is 56.1.